The number of hydrogen-bond donors (Lipinski definition) is 0. The molecule has 4 rings (SSSR count). The summed E-state index contributed by atoms with van der Waals surface area (Å²) >= 11 is 0. The highest BCUT2D eigenvalue weighted by molar-refractivity contribution is 6.00. The number of hydrogen-bond acceptors (Lipinski definition) is 4. The number of amides is 2. The predicted octanol–water partition coefficient (Wildman–Crippen LogP) is 3.01. The zero-order chi connectivity index (χ0) is 21.3. The number of methoxy groups -OCH3 is 1. The third kappa shape index (κ3) is 3.99. The lowest BCUT2D eigenvalue weighted by molar-refractivity contribution is -0.136. The fraction of sp³-hybridized carbons (Fsp3) is 0.417. The van der Waals surface area contributed by atoms with Gasteiger partial charge in [-0.15, -0.1) is 0 Å². The number of carbonyl (C=O) groups is 2. The lowest BCUT2D eigenvalue weighted by Crippen LogP contribution is -2.50. The van der Waals surface area contributed by atoms with Gasteiger partial charge in [-0.2, -0.15) is 0 Å². The summed E-state index contributed by atoms with van der Waals surface area (Å²) in [6.07, 6.45) is 0.280. The first-order chi connectivity index (χ1) is 14.5. The highest BCUT2D eigenvalue weighted by Crippen LogP contribution is 2.29. The Morgan fingerprint density at radius 1 is 1.00 bits per heavy atom. The van der Waals surface area contributed by atoms with Crippen molar-refractivity contribution in [3.8, 4) is 5.75 Å². The third-order valence-corrected chi connectivity index (χ3v) is 6.16. The molecule has 2 heterocycles. The van der Waals surface area contributed by atoms with Gasteiger partial charge in [0.05, 0.1) is 13.0 Å². The molecule has 0 aliphatic carbocycles. The van der Waals surface area contributed by atoms with E-state index in [9.17, 15) is 9.59 Å². The summed E-state index contributed by atoms with van der Waals surface area (Å²) in [6.45, 7) is 7.70. The van der Waals surface area contributed by atoms with E-state index in [0.717, 1.165) is 24.5 Å². The fourth-order valence-corrected chi connectivity index (χ4v) is 4.37. The Hall–Kier alpha value is -3.02. The van der Waals surface area contributed by atoms with Gasteiger partial charge in [0.25, 0.3) is 0 Å². The number of aryl methyl sites for hydroxylation is 2. The van der Waals surface area contributed by atoms with Gasteiger partial charge in [-0.1, -0.05) is 12.1 Å². The van der Waals surface area contributed by atoms with E-state index in [4.69, 9.17) is 4.74 Å². The molecule has 2 fully saturated rings. The molecule has 2 amide bonds. The molecule has 0 bridgehead atoms. The molecule has 1 atom stereocenters. The molecule has 2 aliphatic heterocycles. The molecule has 2 aromatic rings. The normalized spacial score (nSPS) is 19.4. The van der Waals surface area contributed by atoms with E-state index in [1.165, 1.54) is 16.8 Å². The molecule has 0 saturated carbocycles. The smallest absolute Gasteiger partial charge is 0.228 e. The number of rotatable bonds is 4. The van der Waals surface area contributed by atoms with Crippen LogP contribution in [0.1, 0.15) is 17.5 Å². The fourth-order valence-electron chi connectivity index (χ4n) is 4.37. The molecule has 30 heavy (non-hydrogen) atoms. The second kappa shape index (κ2) is 8.38. The first-order valence-electron chi connectivity index (χ1n) is 10.5. The van der Waals surface area contributed by atoms with Crippen LogP contribution in [0.25, 0.3) is 0 Å². The Morgan fingerprint density at radius 3 is 2.37 bits per heavy atom. The highest BCUT2D eigenvalue weighted by Gasteiger charge is 2.38. The molecule has 1 unspecified atom stereocenters. The number of piperazine rings is 1. The van der Waals surface area contributed by atoms with Crippen molar-refractivity contribution in [2.75, 3.05) is 49.6 Å². The van der Waals surface area contributed by atoms with Gasteiger partial charge in [0.1, 0.15) is 5.75 Å². The van der Waals surface area contributed by atoms with Gasteiger partial charge in [0, 0.05) is 50.5 Å². The van der Waals surface area contributed by atoms with Crippen LogP contribution in [0.15, 0.2) is 42.5 Å². The van der Waals surface area contributed by atoms with E-state index in [1.54, 1.807) is 12.0 Å². The Bertz CT molecular complexity index is 933. The minimum Gasteiger partial charge on any atom is -0.497 e. The quantitative estimate of drug-likeness (QED) is 0.782. The predicted molar refractivity (Wildman–Crippen MR) is 118 cm³/mol. The molecular weight excluding hydrogens is 378 g/mol. The Balaban J connectivity index is 1.37. The van der Waals surface area contributed by atoms with E-state index in [1.807, 2.05) is 29.2 Å². The van der Waals surface area contributed by atoms with Crippen molar-refractivity contribution < 1.29 is 14.3 Å². The van der Waals surface area contributed by atoms with E-state index < -0.39 is 0 Å². The molecule has 0 spiro atoms. The number of carbonyl (C=O) groups excluding carboxylic acids is 2. The monoisotopic (exact) mass is 407 g/mol. The summed E-state index contributed by atoms with van der Waals surface area (Å²) in [5.74, 6) is 0.583. The average molecular weight is 408 g/mol. The van der Waals surface area contributed by atoms with Crippen LogP contribution < -0.4 is 14.5 Å². The molecule has 0 N–H and O–H groups in total. The van der Waals surface area contributed by atoms with Crippen molar-refractivity contribution >= 4 is 23.2 Å². The number of nitrogens with zero attached hydrogens (tertiary/aromatic N) is 3. The van der Waals surface area contributed by atoms with E-state index in [-0.39, 0.29) is 24.2 Å². The van der Waals surface area contributed by atoms with Gasteiger partial charge in [-0.25, -0.2) is 0 Å². The van der Waals surface area contributed by atoms with Gasteiger partial charge >= 0.3 is 0 Å². The minimum absolute atomic E-state index is 0.00698. The second-order valence-electron chi connectivity index (χ2n) is 8.21. The van der Waals surface area contributed by atoms with Crippen molar-refractivity contribution in [3.63, 3.8) is 0 Å². The maximum absolute atomic E-state index is 13.1. The number of anilines is 2. The molecule has 2 aromatic carbocycles. The molecular formula is C24H29N3O3. The molecule has 158 valence electrons. The summed E-state index contributed by atoms with van der Waals surface area (Å²) in [5, 5.41) is 0. The lowest BCUT2D eigenvalue weighted by Gasteiger charge is -2.37. The molecule has 2 aliphatic rings. The van der Waals surface area contributed by atoms with Crippen LogP contribution in [0.4, 0.5) is 11.4 Å². The third-order valence-electron chi connectivity index (χ3n) is 6.16. The lowest BCUT2D eigenvalue weighted by atomic mass is 10.1. The van der Waals surface area contributed by atoms with Crippen LogP contribution >= 0.6 is 0 Å². The van der Waals surface area contributed by atoms with Crippen LogP contribution in [0.3, 0.4) is 0 Å². The topological polar surface area (TPSA) is 53.1 Å². The van der Waals surface area contributed by atoms with Crippen molar-refractivity contribution in [3.05, 3.63) is 53.6 Å². The highest BCUT2D eigenvalue weighted by atomic mass is 16.5. The standard InChI is InChI=1S/C24H29N3O3/c1-17-4-5-18(2)22(14-17)25-10-12-26(13-11-25)24(29)19-15-23(28)27(16-19)20-6-8-21(30-3)9-7-20/h4-9,14,19H,10-13,15-16H2,1-3H3. The molecule has 6 nitrogen and oxygen atoms in total. The first-order valence-corrected chi connectivity index (χ1v) is 10.5. The van der Waals surface area contributed by atoms with Crippen LogP contribution in [0.2, 0.25) is 0 Å². The summed E-state index contributed by atoms with van der Waals surface area (Å²) in [5.41, 5.74) is 4.58. The van der Waals surface area contributed by atoms with Crippen molar-refractivity contribution in [2.45, 2.75) is 20.3 Å². The largest absolute Gasteiger partial charge is 0.497 e. The first kappa shape index (κ1) is 20.3. The Kier molecular flexibility index (Phi) is 5.66. The van der Waals surface area contributed by atoms with Gasteiger partial charge in [0.15, 0.2) is 0 Å². The van der Waals surface area contributed by atoms with Crippen molar-refractivity contribution in [1.29, 1.82) is 0 Å². The molecule has 0 radical (unpaired) electrons. The summed E-state index contributed by atoms with van der Waals surface area (Å²) < 4.78 is 5.18. The van der Waals surface area contributed by atoms with Crippen LogP contribution in [0.5, 0.6) is 5.75 Å². The molecule has 2 saturated heterocycles. The van der Waals surface area contributed by atoms with Gasteiger partial charge in [-0.05, 0) is 55.3 Å². The van der Waals surface area contributed by atoms with Gasteiger partial charge in [-0.3, -0.25) is 9.59 Å². The second-order valence-corrected chi connectivity index (χ2v) is 8.21. The van der Waals surface area contributed by atoms with Gasteiger partial charge < -0.3 is 19.4 Å². The summed E-state index contributed by atoms with van der Waals surface area (Å²) in [6, 6.07) is 13.9. The zero-order valence-corrected chi connectivity index (χ0v) is 17.9. The van der Waals surface area contributed by atoms with E-state index >= 15 is 0 Å². The van der Waals surface area contributed by atoms with Gasteiger partial charge in [0.2, 0.25) is 11.8 Å². The van der Waals surface area contributed by atoms with Crippen molar-refractivity contribution in [2.24, 2.45) is 5.92 Å². The number of ether oxygens (including phenoxy) is 1. The van der Waals surface area contributed by atoms with Crippen LogP contribution in [0, 0.1) is 19.8 Å². The maximum atomic E-state index is 13.1. The summed E-state index contributed by atoms with van der Waals surface area (Å²) in [4.78, 5) is 31.6. The SMILES string of the molecule is COc1ccc(N2CC(C(=O)N3CCN(c4cc(C)ccc4C)CC3)CC2=O)cc1. The van der Waals surface area contributed by atoms with E-state index in [0.29, 0.717) is 19.6 Å². The van der Waals surface area contributed by atoms with Crippen LogP contribution in [-0.2, 0) is 9.59 Å². The van der Waals surface area contributed by atoms with E-state index in [2.05, 4.69) is 36.9 Å². The number of benzene rings is 2. The van der Waals surface area contributed by atoms with Crippen LogP contribution in [-0.4, -0.2) is 56.5 Å². The molecule has 0 aromatic heterocycles. The Morgan fingerprint density at radius 2 is 1.70 bits per heavy atom. The maximum Gasteiger partial charge on any atom is 0.228 e. The zero-order valence-electron chi connectivity index (χ0n) is 17.9. The molecule has 6 heteroatoms. The summed E-state index contributed by atoms with van der Waals surface area (Å²) in [7, 11) is 1.62. The Labute approximate surface area is 178 Å². The minimum atomic E-state index is -0.271. The van der Waals surface area contributed by atoms with Crippen molar-refractivity contribution in [1.82, 2.24) is 4.90 Å². The average Bonchev–Trinajstić information content (AvgIpc) is 3.16.